The van der Waals surface area contributed by atoms with Crippen molar-refractivity contribution in [2.45, 2.75) is 37.8 Å². The molecule has 0 saturated heterocycles. The van der Waals surface area contributed by atoms with E-state index in [1.165, 1.54) is 0 Å². The van der Waals surface area contributed by atoms with Gasteiger partial charge in [0.1, 0.15) is 17.1 Å². The number of halogens is 3. The van der Waals surface area contributed by atoms with Crippen molar-refractivity contribution in [2.75, 3.05) is 0 Å². The zero-order chi connectivity index (χ0) is 21.0. The highest BCUT2D eigenvalue weighted by atomic mass is 19.2. The highest BCUT2D eigenvalue weighted by Crippen LogP contribution is 2.26. The Hall–Kier alpha value is -3.30. The number of nitrogens with zero attached hydrogens (tertiary/aromatic N) is 1. The first-order valence-corrected chi connectivity index (χ1v) is 8.90. The molecule has 154 valence electrons. The number of amides is 2. The van der Waals surface area contributed by atoms with Crippen molar-refractivity contribution in [1.82, 2.24) is 15.6 Å². The Labute approximate surface area is 163 Å². The van der Waals surface area contributed by atoms with Crippen LogP contribution in [0.25, 0.3) is 0 Å². The van der Waals surface area contributed by atoms with Crippen LogP contribution >= 0.6 is 0 Å². The van der Waals surface area contributed by atoms with Crippen molar-refractivity contribution < 1.29 is 32.6 Å². The minimum atomic E-state index is -1.14. The van der Waals surface area contributed by atoms with E-state index < -0.39 is 29.5 Å². The molecule has 1 aromatic heterocycles. The van der Waals surface area contributed by atoms with E-state index in [2.05, 4.69) is 15.6 Å². The van der Waals surface area contributed by atoms with Gasteiger partial charge in [-0.25, -0.2) is 22.9 Å². The average molecular weight is 409 g/mol. The maximum atomic E-state index is 13.6. The van der Waals surface area contributed by atoms with Gasteiger partial charge in [0, 0.05) is 18.2 Å². The number of hydrogen-bond acceptors (Lipinski definition) is 4. The van der Waals surface area contributed by atoms with Crippen LogP contribution < -0.4 is 15.4 Å². The molecule has 0 radical (unpaired) electrons. The highest BCUT2D eigenvalue weighted by molar-refractivity contribution is 5.96. The molecular formula is C19H18F3N3O4. The number of carboxylic acid groups (broad SMARTS) is 1. The highest BCUT2D eigenvalue weighted by Gasteiger charge is 2.25. The number of pyridine rings is 1. The number of benzene rings is 1. The molecule has 0 atom stereocenters. The van der Waals surface area contributed by atoms with E-state index in [4.69, 9.17) is 9.84 Å². The van der Waals surface area contributed by atoms with Crippen molar-refractivity contribution in [3.05, 3.63) is 53.5 Å². The Morgan fingerprint density at radius 1 is 1.00 bits per heavy atom. The third-order valence-electron chi connectivity index (χ3n) is 4.56. The van der Waals surface area contributed by atoms with Crippen LogP contribution in [0.1, 0.15) is 36.0 Å². The summed E-state index contributed by atoms with van der Waals surface area (Å²) in [6, 6.07) is 3.34. The van der Waals surface area contributed by atoms with E-state index in [1.807, 2.05) is 0 Å². The monoisotopic (exact) mass is 409 g/mol. The van der Waals surface area contributed by atoms with Crippen LogP contribution in [-0.2, 0) is 0 Å². The minimum Gasteiger partial charge on any atom is -0.465 e. The number of aromatic nitrogens is 1. The summed E-state index contributed by atoms with van der Waals surface area (Å²) in [7, 11) is 0. The molecule has 1 aromatic carbocycles. The van der Waals surface area contributed by atoms with Crippen molar-refractivity contribution in [2.24, 2.45) is 0 Å². The fourth-order valence-electron chi connectivity index (χ4n) is 3.14. The van der Waals surface area contributed by atoms with Gasteiger partial charge in [-0.05, 0) is 43.9 Å². The summed E-state index contributed by atoms with van der Waals surface area (Å²) < 4.78 is 45.4. The maximum Gasteiger partial charge on any atom is 0.404 e. The number of carbonyl (C=O) groups is 2. The lowest BCUT2D eigenvalue weighted by molar-refractivity contribution is 0.0919. The number of carbonyl (C=O) groups excluding carboxylic acids is 1. The summed E-state index contributed by atoms with van der Waals surface area (Å²) >= 11 is 0. The number of nitrogens with one attached hydrogen (secondary N) is 2. The Morgan fingerprint density at radius 3 is 2.28 bits per heavy atom. The van der Waals surface area contributed by atoms with E-state index >= 15 is 0 Å². The van der Waals surface area contributed by atoms with Gasteiger partial charge in [-0.15, -0.1) is 0 Å². The predicted octanol–water partition coefficient (Wildman–Crippen LogP) is 3.60. The summed E-state index contributed by atoms with van der Waals surface area (Å²) in [6.45, 7) is 0. The van der Waals surface area contributed by atoms with Crippen LogP contribution in [-0.4, -0.2) is 34.2 Å². The molecular weight excluding hydrogens is 391 g/mol. The maximum absolute atomic E-state index is 13.6. The van der Waals surface area contributed by atoms with Gasteiger partial charge in [0.05, 0.1) is 6.20 Å². The summed E-state index contributed by atoms with van der Waals surface area (Å²) in [5.74, 6) is -3.95. The average Bonchev–Trinajstić information content (AvgIpc) is 2.67. The third-order valence-corrected chi connectivity index (χ3v) is 4.56. The third kappa shape index (κ3) is 5.37. The first-order chi connectivity index (χ1) is 13.8. The van der Waals surface area contributed by atoms with Crippen molar-refractivity contribution in [3.8, 4) is 11.6 Å². The van der Waals surface area contributed by atoms with E-state index in [9.17, 15) is 22.8 Å². The van der Waals surface area contributed by atoms with E-state index in [0.717, 1.165) is 30.5 Å². The van der Waals surface area contributed by atoms with Crippen LogP contribution in [0.5, 0.6) is 11.6 Å². The molecule has 0 spiro atoms. The Morgan fingerprint density at radius 2 is 1.66 bits per heavy atom. The lowest BCUT2D eigenvalue weighted by Gasteiger charge is -2.29. The Kier molecular flexibility index (Phi) is 6.20. The SMILES string of the molecule is O=C(O)NC1CCC(NC(=O)c2cc(F)cnc2Oc2ccc(F)c(F)c2)CC1. The normalized spacial score (nSPS) is 18.7. The molecule has 1 heterocycles. The first kappa shape index (κ1) is 20.4. The van der Waals surface area contributed by atoms with Gasteiger partial charge in [-0.1, -0.05) is 0 Å². The number of rotatable bonds is 5. The molecule has 3 N–H and O–H groups in total. The minimum absolute atomic E-state index is 0.0997. The van der Waals surface area contributed by atoms with E-state index in [1.54, 1.807) is 0 Å². The van der Waals surface area contributed by atoms with Crippen molar-refractivity contribution >= 4 is 12.0 Å². The fraction of sp³-hybridized carbons (Fsp3) is 0.316. The molecule has 1 aliphatic carbocycles. The van der Waals surface area contributed by atoms with Crippen LogP contribution in [0.15, 0.2) is 30.5 Å². The second-order valence-corrected chi connectivity index (χ2v) is 6.66. The topological polar surface area (TPSA) is 101 Å². The zero-order valence-electron chi connectivity index (χ0n) is 15.1. The van der Waals surface area contributed by atoms with Gasteiger partial charge >= 0.3 is 6.09 Å². The standard InChI is InChI=1S/C19H18F3N3O4/c20-10-7-14(17(26)24-11-1-3-12(4-2-11)25-19(27)28)18(23-9-10)29-13-5-6-15(21)16(22)8-13/h5-9,11-12,25H,1-4H2,(H,24,26)(H,27,28). The molecule has 0 aliphatic heterocycles. The molecule has 0 unspecified atom stereocenters. The molecule has 7 nitrogen and oxygen atoms in total. The molecule has 1 saturated carbocycles. The molecule has 10 heteroatoms. The Bertz CT molecular complexity index is 918. The van der Waals surface area contributed by atoms with Gasteiger partial charge in [0.2, 0.25) is 5.88 Å². The quantitative estimate of drug-likeness (QED) is 0.701. The number of ether oxygens (including phenoxy) is 1. The molecule has 2 aromatic rings. The zero-order valence-corrected chi connectivity index (χ0v) is 15.1. The molecule has 29 heavy (non-hydrogen) atoms. The summed E-state index contributed by atoms with van der Waals surface area (Å²) in [4.78, 5) is 27.0. The van der Waals surface area contributed by atoms with Gasteiger partial charge in [-0.3, -0.25) is 4.79 Å². The smallest absolute Gasteiger partial charge is 0.404 e. The van der Waals surface area contributed by atoms with Gasteiger partial charge in [-0.2, -0.15) is 0 Å². The fourth-order valence-corrected chi connectivity index (χ4v) is 3.14. The summed E-state index contributed by atoms with van der Waals surface area (Å²) in [5.41, 5.74) is -0.194. The first-order valence-electron chi connectivity index (χ1n) is 8.90. The molecule has 3 rings (SSSR count). The van der Waals surface area contributed by atoms with Gasteiger partial charge < -0.3 is 20.5 Å². The van der Waals surface area contributed by atoms with Crippen LogP contribution in [0.2, 0.25) is 0 Å². The second kappa shape index (κ2) is 8.80. The van der Waals surface area contributed by atoms with Gasteiger partial charge in [0.25, 0.3) is 5.91 Å². The molecule has 2 amide bonds. The molecule has 1 fully saturated rings. The largest absolute Gasteiger partial charge is 0.465 e. The van der Waals surface area contributed by atoms with Crippen LogP contribution in [0.4, 0.5) is 18.0 Å². The number of hydrogen-bond donors (Lipinski definition) is 3. The van der Waals surface area contributed by atoms with E-state index in [0.29, 0.717) is 25.7 Å². The molecule has 0 bridgehead atoms. The molecule has 1 aliphatic rings. The summed E-state index contributed by atoms with van der Waals surface area (Å²) in [5, 5.41) is 13.9. The Balaban J connectivity index is 1.69. The van der Waals surface area contributed by atoms with E-state index in [-0.39, 0.29) is 29.3 Å². The lowest BCUT2D eigenvalue weighted by atomic mass is 9.91. The predicted molar refractivity (Wildman–Crippen MR) is 95.3 cm³/mol. The van der Waals surface area contributed by atoms with Gasteiger partial charge in [0.15, 0.2) is 11.6 Å². The second-order valence-electron chi connectivity index (χ2n) is 6.66. The van der Waals surface area contributed by atoms with Crippen molar-refractivity contribution in [1.29, 1.82) is 0 Å². The van der Waals surface area contributed by atoms with Crippen molar-refractivity contribution in [3.63, 3.8) is 0 Å². The van der Waals surface area contributed by atoms with Crippen LogP contribution in [0.3, 0.4) is 0 Å². The van der Waals surface area contributed by atoms with Crippen LogP contribution in [0, 0.1) is 17.5 Å². The summed E-state index contributed by atoms with van der Waals surface area (Å²) in [6.07, 6.45) is 1.93. The lowest BCUT2D eigenvalue weighted by Crippen LogP contribution is -2.43.